The number of carbonyl (C=O) groups is 1. The van der Waals surface area contributed by atoms with E-state index in [1.54, 1.807) is 6.08 Å². The predicted molar refractivity (Wildman–Crippen MR) is 86.9 cm³/mol. The van der Waals surface area contributed by atoms with E-state index in [0.29, 0.717) is 6.42 Å². The summed E-state index contributed by atoms with van der Waals surface area (Å²) in [6.07, 6.45) is 7.83. The van der Waals surface area contributed by atoms with Crippen LogP contribution in [0.1, 0.15) is 12.5 Å². The number of hydrogen-bond donors (Lipinski definition) is 2. The van der Waals surface area contributed by atoms with Gasteiger partial charge in [0.15, 0.2) is 0 Å². The van der Waals surface area contributed by atoms with Crippen molar-refractivity contribution in [1.29, 1.82) is 0 Å². The standard InChI is InChI=1S/C16H20N2OS/c1-3-8-14(9-4-2)20-18-16(19)15(17)12-13-10-6-5-7-11-13/h3-11,15H,1,12,17H2,2H3,(H,18,19)/b9-4-,14-8+. The third-order valence-electron chi connectivity index (χ3n) is 2.52. The first-order chi connectivity index (χ1) is 9.67. The van der Waals surface area contributed by atoms with Crippen LogP contribution < -0.4 is 10.5 Å². The van der Waals surface area contributed by atoms with E-state index in [1.807, 2.05) is 55.5 Å². The summed E-state index contributed by atoms with van der Waals surface area (Å²) < 4.78 is 2.76. The maximum atomic E-state index is 11.9. The third-order valence-corrected chi connectivity index (χ3v) is 3.33. The molecule has 1 atom stereocenters. The van der Waals surface area contributed by atoms with E-state index >= 15 is 0 Å². The number of carbonyl (C=O) groups excluding carboxylic acids is 1. The Labute approximate surface area is 124 Å². The summed E-state index contributed by atoms with van der Waals surface area (Å²) in [5.74, 6) is -0.182. The summed E-state index contributed by atoms with van der Waals surface area (Å²) >= 11 is 1.24. The number of hydrogen-bond acceptors (Lipinski definition) is 3. The van der Waals surface area contributed by atoms with Crippen LogP contribution >= 0.6 is 11.9 Å². The molecule has 1 unspecified atom stereocenters. The van der Waals surface area contributed by atoms with Crippen molar-refractivity contribution in [3.05, 3.63) is 71.7 Å². The van der Waals surface area contributed by atoms with Crippen LogP contribution in [0.2, 0.25) is 0 Å². The highest BCUT2D eigenvalue weighted by molar-refractivity contribution is 8.01. The van der Waals surface area contributed by atoms with Crippen molar-refractivity contribution in [1.82, 2.24) is 4.72 Å². The van der Waals surface area contributed by atoms with E-state index in [2.05, 4.69) is 11.3 Å². The normalized spacial score (nSPS) is 13.2. The Balaban J connectivity index is 2.49. The van der Waals surface area contributed by atoms with Crippen molar-refractivity contribution in [2.45, 2.75) is 19.4 Å². The highest BCUT2D eigenvalue weighted by Crippen LogP contribution is 2.13. The van der Waals surface area contributed by atoms with Crippen molar-refractivity contribution in [2.24, 2.45) is 5.73 Å². The van der Waals surface area contributed by atoms with Gasteiger partial charge in [-0.1, -0.05) is 55.1 Å². The van der Waals surface area contributed by atoms with E-state index in [9.17, 15) is 4.79 Å². The molecule has 0 aliphatic carbocycles. The summed E-state index contributed by atoms with van der Waals surface area (Å²) in [6, 6.07) is 9.18. The van der Waals surface area contributed by atoms with Gasteiger partial charge in [0.25, 0.3) is 0 Å². The Morgan fingerprint density at radius 3 is 2.75 bits per heavy atom. The van der Waals surface area contributed by atoms with Crippen molar-refractivity contribution in [3.8, 4) is 0 Å². The van der Waals surface area contributed by atoms with Crippen molar-refractivity contribution >= 4 is 17.9 Å². The lowest BCUT2D eigenvalue weighted by Gasteiger charge is -2.11. The SMILES string of the molecule is C=C/C=C(\C=C/C)SNC(=O)C(N)Cc1ccccc1. The fourth-order valence-corrected chi connectivity index (χ4v) is 2.29. The molecule has 0 spiro atoms. The lowest BCUT2D eigenvalue weighted by atomic mass is 10.1. The lowest BCUT2D eigenvalue weighted by molar-refractivity contribution is -0.120. The van der Waals surface area contributed by atoms with Crippen molar-refractivity contribution < 1.29 is 4.79 Å². The van der Waals surface area contributed by atoms with Gasteiger partial charge in [-0.2, -0.15) is 0 Å². The number of allylic oxidation sites excluding steroid dienone is 4. The molecule has 1 aromatic carbocycles. The number of nitrogens with one attached hydrogen (secondary N) is 1. The van der Waals surface area contributed by atoms with E-state index in [-0.39, 0.29) is 5.91 Å². The summed E-state index contributed by atoms with van der Waals surface area (Å²) in [4.78, 5) is 12.8. The summed E-state index contributed by atoms with van der Waals surface area (Å²) in [6.45, 7) is 5.56. The lowest BCUT2D eigenvalue weighted by Crippen LogP contribution is -2.39. The molecule has 3 nitrogen and oxygen atoms in total. The Morgan fingerprint density at radius 2 is 2.15 bits per heavy atom. The van der Waals surface area contributed by atoms with Gasteiger partial charge in [-0.25, -0.2) is 0 Å². The average molecular weight is 288 g/mol. The van der Waals surface area contributed by atoms with Crippen LogP contribution in [0.4, 0.5) is 0 Å². The second-order valence-electron chi connectivity index (χ2n) is 4.17. The molecule has 0 aliphatic rings. The number of benzene rings is 1. The van der Waals surface area contributed by atoms with E-state index in [0.717, 1.165) is 10.5 Å². The first kappa shape index (κ1) is 16.3. The van der Waals surface area contributed by atoms with Crippen LogP contribution in [0.25, 0.3) is 0 Å². The molecule has 0 bridgehead atoms. The molecule has 0 heterocycles. The van der Waals surface area contributed by atoms with Gasteiger partial charge in [0.05, 0.1) is 6.04 Å². The second-order valence-corrected chi connectivity index (χ2v) is 5.05. The van der Waals surface area contributed by atoms with Gasteiger partial charge in [0.1, 0.15) is 0 Å². The van der Waals surface area contributed by atoms with Gasteiger partial charge in [-0.3, -0.25) is 9.52 Å². The fraction of sp³-hybridized carbons (Fsp3) is 0.188. The zero-order valence-electron chi connectivity index (χ0n) is 11.6. The summed E-state index contributed by atoms with van der Waals surface area (Å²) in [5, 5.41) is 0. The van der Waals surface area contributed by atoms with Crippen LogP contribution in [0.3, 0.4) is 0 Å². The smallest absolute Gasteiger partial charge is 0.247 e. The van der Waals surface area contributed by atoms with Crippen LogP contribution in [-0.4, -0.2) is 11.9 Å². The molecule has 20 heavy (non-hydrogen) atoms. The van der Waals surface area contributed by atoms with Gasteiger partial charge in [-0.15, -0.1) is 0 Å². The highest BCUT2D eigenvalue weighted by atomic mass is 32.2. The largest absolute Gasteiger partial charge is 0.320 e. The van der Waals surface area contributed by atoms with E-state index in [1.165, 1.54) is 11.9 Å². The minimum Gasteiger partial charge on any atom is -0.320 e. The molecule has 0 aromatic heterocycles. The zero-order valence-corrected chi connectivity index (χ0v) is 12.4. The maximum Gasteiger partial charge on any atom is 0.247 e. The summed E-state index contributed by atoms with van der Waals surface area (Å²) in [7, 11) is 0. The molecule has 1 rings (SSSR count). The molecular formula is C16H20N2OS. The minimum absolute atomic E-state index is 0.182. The summed E-state index contributed by atoms with van der Waals surface area (Å²) in [5.41, 5.74) is 6.95. The Kier molecular flexibility index (Phi) is 7.47. The van der Waals surface area contributed by atoms with Crippen molar-refractivity contribution in [2.75, 3.05) is 0 Å². The molecule has 1 amide bonds. The molecule has 0 saturated heterocycles. The first-order valence-electron chi connectivity index (χ1n) is 6.39. The van der Waals surface area contributed by atoms with E-state index < -0.39 is 6.04 Å². The molecule has 0 saturated carbocycles. The topological polar surface area (TPSA) is 55.1 Å². The molecule has 0 aliphatic heterocycles. The quantitative estimate of drug-likeness (QED) is 0.599. The van der Waals surface area contributed by atoms with Gasteiger partial charge < -0.3 is 5.73 Å². The average Bonchev–Trinajstić information content (AvgIpc) is 2.46. The fourth-order valence-electron chi connectivity index (χ4n) is 1.55. The Morgan fingerprint density at radius 1 is 1.45 bits per heavy atom. The molecular weight excluding hydrogens is 268 g/mol. The van der Waals surface area contributed by atoms with Crippen LogP contribution in [-0.2, 0) is 11.2 Å². The van der Waals surface area contributed by atoms with Crippen LogP contribution in [0.5, 0.6) is 0 Å². The first-order valence-corrected chi connectivity index (χ1v) is 7.20. The molecule has 0 fully saturated rings. The molecule has 106 valence electrons. The minimum atomic E-state index is -0.555. The van der Waals surface area contributed by atoms with Crippen LogP contribution in [0, 0.1) is 0 Å². The van der Waals surface area contributed by atoms with Gasteiger partial charge >= 0.3 is 0 Å². The van der Waals surface area contributed by atoms with Crippen LogP contribution in [0.15, 0.2) is 66.1 Å². The van der Waals surface area contributed by atoms with Gasteiger partial charge in [0, 0.05) is 4.91 Å². The molecule has 0 radical (unpaired) electrons. The van der Waals surface area contributed by atoms with Gasteiger partial charge in [-0.05, 0) is 36.9 Å². The highest BCUT2D eigenvalue weighted by Gasteiger charge is 2.14. The Bertz CT molecular complexity index is 494. The molecule has 3 N–H and O–H groups in total. The molecule has 1 aromatic rings. The zero-order chi connectivity index (χ0) is 14.8. The van der Waals surface area contributed by atoms with Crippen molar-refractivity contribution in [3.63, 3.8) is 0 Å². The second kappa shape index (κ2) is 9.18. The number of amides is 1. The van der Waals surface area contributed by atoms with E-state index in [4.69, 9.17) is 5.73 Å². The molecule has 4 heteroatoms. The number of nitrogens with two attached hydrogens (primary N) is 1. The monoisotopic (exact) mass is 288 g/mol. The van der Waals surface area contributed by atoms with Gasteiger partial charge in [0.2, 0.25) is 5.91 Å². The maximum absolute atomic E-state index is 11.9. The predicted octanol–water partition coefficient (Wildman–Crippen LogP) is 2.97. The Hall–Kier alpha value is -1.78. The third kappa shape index (κ3) is 5.91. The number of rotatable bonds is 7.